The lowest BCUT2D eigenvalue weighted by Gasteiger charge is -2.34. The highest BCUT2D eigenvalue weighted by molar-refractivity contribution is 5.51. The Balaban J connectivity index is 1.45. The van der Waals surface area contributed by atoms with Crippen molar-refractivity contribution in [2.75, 3.05) is 6.54 Å². The first kappa shape index (κ1) is 16.0. The molecule has 7 heteroatoms. The molecule has 130 valence electrons. The molecule has 4 rings (SSSR count). The largest absolute Gasteiger partial charge is 0.338 e. The van der Waals surface area contributed by atoms with Gasteiger partial charge in [0.15, 0.2) is 0 Å². The number of hydrogen-bond donors (Lipinski definition) is 0. The Morgan fingerprint density at radius 2 is 2.24 bits per heavy atom. The summed E-state index contributed by atoms with van der Waals surface area (Å²) in [4.78, 5) is 11.1. The van der Waals surface area contributed by atoms with Gasteiger partial charge in [-0.3, -0.25) is 14.6 Å². The van der Waals surface area contributed by atoms with Crippen LogP contribution in [0.25, 0.3) is 11.4 Å². The van der Waals surface area contributed by atoms with Crippen LogP contribution in [-0.2, 0) is 13.1 Å². The van der Waals surface area contributed by atoms with Crippen molar-refractivity contribution in [1.82, 2.24) is 29.8 Å². The van der Waals surface area contributed by atoms with E-state index in [2.05, 4.69) is 38.2 Å². The number of aromatic nitrogens is 5. The van der Waals surface area contributed by atoms with E-state index in [9.17, 15) is 0 Å². The summed E-state index contributed by atoms with van der Waals surface area (Å²) in [5.41, 5.74) is 2.07. The van der Waals surface area contributed by atoms with Crippen molar-refractivity contribution in [2.45, 2.75) is 45.3 Å². The number of hydrogen-bond acceptors (Lipinski definition) is 6. The molecule has 0 spiro atoms. The highest BCUT2D eigenvalue weighted by Gasteiger charge is 2.25. The van der Waals surface area contributed by atoms with E-state index in [1.807, 2.05) is 23.0 Å². The molecule has 4 heterocycles. The third-order valence-electron chi connectivity index (χ3n) is 4.64. The van der Waals surface area contributed by atoms with Gasteiger partial charge in [-0.1, -0.05) is 11.6 Å². The van der Waals surface area contributed by atoms with Crippen molar-refractivity contribution in [3.8, 4) is 11.4 Å². The van der Waals surface area contributed by atoms with Gasteiger partial charge < -0.3 is 4.52 Å². The second-order valence-corrected chi connectivity index (χ2v) is 6.61. The zero-order valence-electron chi connectivity index (χ0n) is 14.4. The highest BCUT2D eigenvalue weighted by Crippen LogP contribution is 2.22. The first-order valence-electron chi connectivity index (χ1n) is 8.74. The lowest BCUT2D eigenvalue weighted by Crippen LogP contribution is -2.41. The first-order chi connectivity index (χ1) is 12.3. The number of rotatable bonds is 5. The quantitative estimate of drug-likeness (QED) is 0.712. The first-order valence-corrected chi connectivity index (χ1v) is 8.74. The van der Waals surface area contributed by atoms with Gasteiger partial charge in [0, 0.05) is 30.2 Å². The summed E-state index contributed by atoms with van der Waals surface area (Å²) in [5.74, 6) is 1.25. The van der Waals surface area contributed by atoms with Gasteiger partial charge in [0.25, 0.3) is 0 Å². The van der Waals surface area contributed by atoms with Crippen LogP contribution in [0.1, 0.15) is 30.7 Å². The van der Waals surface area contributed by atoms with Crippen molar-refractivity contribution < 1.29 is 4.52 Å². The molecule has 7 nitrogen and oxygen atoms in total. The second kappa shape index (κ2) is 7.14. The minimum Gasteiger partial charge on any atom is -0.338 e. The number of likely N-dealkylation sites (tertiary alicyclic amines) is 1. The van der Waals surface area contributed by atoms with Crippen molar-refractivity contribution in [3.05, 3.63) is 48.4 Å². The van der Waals surface area contributed by atoms with Crippen molar-refractivity contribution in [3.63, 3.8) is 0 Å². The fourth-order valence-electron chi connectivity index (χ4n) is 3.36. The highest BCUT2D eigenvalue weighted by atomic mass is 16.5. The van der Waals surface area contributed by atoms with Gasteiger partial charge in [0.1, 0.15) is 0 Å². The van der Waals surface area contributed by atoms with Gasteiger partial charge >= 0.3 is 0 Å². The number of aryl methyl sites for hydroxylation is 1. The maximum Gasteiger partial charge on any atom is 0.241 e. The smallest absolute Gasteiger partial charge is 0.241 e. The molecule has 3 aromatic rings. The van der Waals surface area contributed by atoms with E-state index in [0.29, 0.717) is 24.3 Å². The van der Waals surface area contributed by atoms with E-state index in [-0.39, 0.29) is 0 Å². The Hall–Kier alpha value is -2.54. The van der Waals surface area contributed by atoms with E-state index < -0.39 is 0 Å². The molecule has 3 aromatic heterocycles. The maximum absolute atomic E-state index is 5.47. The average Bonchev–Trinajstić information content (AvgIpc) is 3.27. The topological polar surface area (TPSA) is 72.9 Å². The molecule has 0 unspecified atom stereocenters. The molecule has 1 saturated heterocycles. The second-order valence-electron chi connectivity index (χ2n) is 6.61. The predicted molar refractivity (Wildman–Crippen MR) is 92.5 cm³/mol. The van der Waals surface area contributed by atoms with Crippen LogP contribution < -0.4 is 0 Å². The third-order valence-corrected chi connectivity index (χ3v) is 4.64. The molecule has 0 radical (unpaired) electrons. The van der Waals surface area contributed by atoms with Gasteiger partial charge in [0.2, 0.25) is 11.7 Å². The van der Waals surface area contributed by atoms with Crippen LogP contribution in [0.4, 0.5) is 0 Å². The fraction of sp³-hybridized carbons (Fsp3) is 0.444. The van der Waals surface area contributed by atoms with Gasteiger partial charge in [-0.25, -0.2) is 0 Å². The molecule has 0 N–H and O–H groups in total. The van der Waals surface area contributed by atoms with Crippen LogP contribution in [-0.4, -0.2) is 42.4 Å². The molecule has 0 saturated carbocycles. The number of nitrogens with zero attached hydrogens (tertiary/aromatic N) is 6. The molecule has 25 heavy (non-hydrogen) atoms. The molecule has 0 aromatic carbocycles. The molecule has 0 aliphatic carbocycles. The van der Waals surface area contributed by atoms with Crippen LogP contribution in [0.3, 0.4) is 0 Å². The van der Waals surface area contributed by atoms with Gasteiger partial charge in [-0.2, -0.15) is 10.1 Å². The maximum atomic E-state index is 5.47. The summed E-state index contributed by atoms with van der Waals surface area (Å²) in [6.07, 6.45) is 11.1. The summed E-state index contributed by atoms with van der Waals surface area (Å²) >= 11 is 0. The van der Waals surface area contributed by atoms with Crippen LogP contribution in [0.5, 0.6) is 0 Å². The van der Waals surface area contributed by atoms with Crippen LogP contribution >= 0.6 is 0 Å². The molecule has 0 amide bonds. The molecular formula is C18H22N6O. The zero-order valence-corrected chi connectivity index (χ0v) is 14.4. The SMILES string of the molecule is Cc1cnn(C[C@@H]2CCCCN2Cc2nc(-c3cccnc3)no2)c1. The Morgan fingerprint density at radius 1 is 1.28 bits per heavy atom. The Kier molecular flexibility index (Phi) is 4.56. The molecule has 1 atom stereocenters. The molecule has 1 aliphatic rings. The lowest BCUT2D eigenvalue weighted by molar-refractivity contribution is 0.108. The molecule has 0 bridgehead atoms. The van der Waals surface area contributed by atoms with Crippen LogP contribution in [0.2, 0.25) is 0 Å². The average molecular weight is 338 g/mol. The standard InChI is InChI=1S/C18H22N6O/c1-14-9-20-24(11-14)12-16-6-2-3-8-23(16)13-17-21-18(22-25-17)15-5-4-7-19-10-15/h4-5,7,9-11,16H,2-3,6,8,12-13H2,1H3/t16-/m0/s1. The Bertz CT molecular complexity index is 812. The van der Waals surface area contributed by atoms with Gasteiger partial charge in [-0.15, -0.1) is 0 Å². The van der Waals surface area contributed by atoms with Gasteiger partial charge in [-0.05, 0) is 44.0 Å². The Labute approximate surface area is 146 Å². The van der Waals surface area contributed by atoms with Crippen LogP contribution in [0.15, 0.2) is 41.4 Å². The van der Waals surface area contributed by atoms with Crippen molar-refractivity contribution in [1.29, 1.82) is 0 Å². The molecule has 1 aliphatic heterocycles. The fourth-order valence-corrected chi connectivity index (χ4v) is 3.36. The number of piperidine rings is 1. The van der Waals surface area contributed by atoms with Crippen molar-refractivity contribution >= 4 is 0 Å². The molecule has 1 fully saturated rings. The summed E-state index contributed by atoms with van der Waals surface area (Å²) in [6, 6.07) is 4.26. The van der Waals surface area contributed by atoms with Crippen molar-refractivity contribution in [2.24, 2.45) is 0 Å². The van der Waals surface area contributed by atoms with Crippen LogP contribution in [0, 0.1) is 6.92 Å². The summed E-state index contributed by atoms with van der Waals surface area (Å²) < 4.78 is 7.51. The third kappa shape index (κ3) is 3.76. The van der Waals surface area contributed by atoms with E-state index in [0.717, 1.165) is 18.7 Å². The van der Waals surface area contributed by atoms with E-state index in [1.54, 1.807) is 12.4 Å². The van der Waals surface area contributed by atoms with E-state index in [4.69, 9.17) is 4.52 Å². The monoisotopic (exact) mass is 338 g/mol. The van der Waals surface area contributed by atoms with E-state index in [1.165, 1.54) is 24.8 Å². The van der Waals surface area contributed by atoms with E-state index >= 15 is 0 Å². The Morgan fingerprint density at radius 3 is 3.04 bits per heavy atom. The van der Waals surface area contributed by atoms with Gasteiger partial charge in [0.05, 0.1) is 19.3 Å². The number of pyridine rings is 1. The summed E-state index contributed by atoms with van der Waals surface area (Å²) in [6.45, 7) is 4.70. The summed E-state index contributed by atoms with van der Waals surface area (Å²) in [7, 11) is 0. The molecular weight excluding hydrogens is 316 g/mol. The normalized spacial score (nSPS) is 18.5. The minimum absolute atomic E-state index is 0.446. The minimum atomic E-state index is 0.446. The zero-order chi connectivity index (χ0) is 17.1. The lowest BCUT2D eigenvalue weighted by atomic mass is 10.0. The summed E-state index contributed by atoms with van der Waals surface area (Å²) in [5, 5.41) is 8.52. The predicted octanol–water partition coefficient (Wildman–Crippen LogP) is 2.69.